The predicted octanol–water partition coefficient (Wildman–Crippen LogP) is 1.06. The molecule has 4 heteroatoms. The first-order valence-electron chi connectivity index (χ1n) is 6.35. The highest BCUT2D eigenvalue weighted by atomic mass is 16.5. The van der Waals surface area contributed by atoms with E-state index in [4.69, 9.17) is 4.74 Å². The lowest BCUT2D eigenvalue weighted by Crippen LogP contribution is -2.32. The maximum Gasteiger partial charge on any atom is 0.220 e. The molecule has 0 aliphatic carbocycles. The first-order chi connectivity index (χ1) is 7.72. The van der Waals surface area contributed by atoms with Crippen molar-refractivity contribution in [2.45, 2.75) is 51.7 Å². The van der Waals surface area contributed by atoms with Crippen molar-refractivity contribution in [1.82, 2.24) is 10.6 Å². The minimum Gasteiger partial charge on any atom is -0.375 e. The van der Waals surface area contributed by atoms with E-state index >= 15 is 0 Å². The molecular weight excluding hydrogens is 204 g/mol. The Morgan fingerprint density at radius 1 is 1.38 bits per heavy atom. The second kappa shape index (κ2) is 7.63. The maximum absolute atomic E-state index is 11.4. The summed E-state index contributed by atoms with van der Waals surface area (Å²) in [4.78, 5) is 11.4. The average molecular weight is 228 g/mol. The van der Waals surface area contributed by atoms with Gasteiger partial charge in [0.15, 0.2) is 0 Å². The summed E-state index contributed by atoms with van der Waals surface area (Å²) in [6.45, 7) is 6.66. The van der Waals surface area contributed by atoms with E-state index in [9.17, 15) is 4.79 Å². The molecule has 4 nitrogen and oxygen atoms in total. The van der Waals surface area contributed by atoms with Crippen LogP contribution in [0.2, 0.25) is 0 Å². The van der Waals surface area contributed by atoms with Gasteiger partial charge < -0.3 is 15.4 Å². The van der Waals surface area contributed by atoms with Crippen LogP contribution < -0.4 is 10.6 Å². The van der Waals surface area contributed by atoms with Crippen LogP contribution in [0.3, 0.4) is 0 Å². The third-order valence-corrected chi connectivity index (χ3v) is 2.89. The number of hydrogen-bond donors (Lipinski definition) is 2. The van der Waals surface area contributed by atoms with Crippen LogP contribution in [0, 0.1) is 0 Å². The van der Waals surface area contributed by atoms with Gasteiger partial charge in [0.05, 0.1) is 12.2 Å². The van der Waals surface area contributed by atoms with Crippen LogP contribution in [0.1, 0.15) is 39.5 Å². The van der Waals surface area contributed by atoms with Crippen molar-refractivity contribution in [2.75, 3.05) is 19.6 Å². The molecule has 1 rings (SSSR count). The van der Waals surface area contributed by atoms with E-state index in [1.807, 2.05) is 0 Å². The van der Waals surface area contributed by atoms with Crippen molar-refractivity contribution >= 4 is 5.91 Å². The Bertz CT molecular complexity index is 209. The molecule has 0 aromatic rings. The first kappa shape index (κ1) is 13.5. The van der Waals surface area contributed by atoms with Crippen molar-refractivity contribution in [3.05, 3.63) is 0 Å². The molecule has 0 aromatic heterocycles. The number of rotatable bonds is 7. The Kier molecular flexibility index (Phi) is 6.42. The molecule has 2 unspecified atom stereocenters. The second-order valence-electron chi connectivity index (χ2n) is 4.39. The third-order valence-electron chi connectivity index (χ3n) is 2.89. The van der Waals surface area contributed by atoms with E-state index in [-0.39, 0.29) is 5.91 Å². The van der Waals surface area contributed by atoms with Crippen molar-refractivity contribution in [3.63, 3.8) is 0 Å². The quantitative estimate of drug-likeness (QED) is 0.641. The van der Waals surface area contributed by atoms with Crippen LogP contribution in [-0.2, 0) is 9.53 Å². The largest absolute Gasteiger partial charge is 0.375 e. The van der Waals surface area contributed by atoms with Gasteiger partial charge in [-0.2, -0.15) is 0 Å². The molecule has 1 fully saturated rings. The summed E-state index contributed by atoms with van der Waals surface area (Å²) in [5.74, 6) is 0.140. The van der Waals surface area contributed by atoms with Gasteiger partial charge in [-0.25, -0.2) is 0 Å². The van der Waals surface area contributed by atoms with E-state index in [1.165, 1.54) is 0 Å². The molecule has 1 saturated heterocycles. The van der Waals surface area contributed by atoms with E-state index in [1.54, 1.807) is 0 Å². The summed E-state index contributed by atoms with van der Waals surface area (Å²) in [5, 5.41) is 6.06. The van der Waals surface area contributed by atoms with Gasteiger partial charge in [0.2, 0.25) is 5.91 Å². The fraction of sp³-hybridized carbons (Fsp3) is 0.917. The molecule has 0 saturated carbocycles. The molecule has 1 aliphatic rings. The van der Waals surface area contributed by atoms with E-state index in [0.717, 1.165) is 32.4 Å². The van der Waals surface area contributed by atoms with Gasteiger partial charge in [0.1, 0.15) is 0 Å². The topological polar surface area (TPSA) is 50.4 Å². The number of ether oxygens (including phenoxy) is 1. The molecule has 1 aliphatic heterocycles. The molecule has 2 atom stereocenters. The Morgan fingerprint density at radius 2 is 2.19 bits per heavy atom. The summed E-state index contributed by atoms with van der Waals surface area (Å²) >= 11 is 0. The highest BCUT2D eigenvalue weighted by Gasteiger charge is 2.21. The summed E-state index contributed by atoms with van der Waals surface area (Å²) in [5.41, 5.74) is 0. The first-order valence-corrected chi connectivity index (χ1v) is 6.35. The van der Waals surface area contributed by atoms with Crippen LogP contribution >= 0.6 is 0 Å². The van der Waals surface area contributed by atoms with Gasteiger partial charge >= 0.3 is 0 Å². The van der Waals surface area contributed by atoms with Crippen LogP contribution in [-0.4, -0.2) is 37.7 Å². The van der Waals surface area contributed by atoms with Crippen molar-refractivity contribution in [3.8, 4) is 0 Å². The average Bonchev–Trinajstić information content (AvgIpc) is 2.68. The monoisotopic (exact) mass is 228 g/mol. The molecule has 1 amide bonds. The van der Waals surface area contributed by atoms with Crippen LogP contribution in [0.5, 0.6) is 0 Å². The number of hydrogen-bond acceptors (Lipinski definition) is 3. The lowest BCUT2D eigenvalue weighted by molar-refractivity contribution is -0.121. The van der Waals surface area contributed by atoms with Crippen LogP contribution in [0.4, 0.5) is 0 Å². The fourth-order valence-electron chi connectivity index (χ4n) is 1.95. The van der Waals surface area contributed by atoms with Gasteiger partial charge in [0, 0.05) is 19.5 Å². The second-order valence-corrected chi connectivity index (χ2v) is 4.39. The third kappa shape index (κ3) is 5.47. The van der Waals surface area contributed by atoms with Gasteiger partial charge in [-0.05, 0) is 32.7 Å². The lowest BCUT2D eigenvalue weighted by atomic mass is 10.1. The Hall–Kier alpha value is -0.610. The van der Waals surface area contributed by atoms with Crippen LogP contribution in [0.15, 0.2) is 0 Å². The minimum absolute atomic E-state index is 0.140. The Balaban J connectivity index is 1.97. The zero-order valence-electron chi connectivity index (χ0n) is 10.4. The summed E-state index contributed by atoms with van der Waals surface area (Å²) in [6, 6.07) is 0. The molecular formula is C12H24N2O2. The maximum atomic E-state index is 11.4. The van der Waals surface area contributed by atoms with E-state index in [0.29, 0.717) is 25.2 Å². The number of likely N-dealkylation sites (N-methyl/N-ethyl adjacent to an activating group) is 1. The molecule has 0 aromatic carbocycles. The number of nitrogens with one attached hydrogen (secondary N) is 2. The SMILES string of the molecule is CCNCCNC(=O)CCC1CCC(C)O1. The summed E-state index contributed by atoms with van der Waals surface area (Å²) in [6.07, 6.45) is 4.36. The fourth-order valence-corrected chi connectivity index (χ4v) is 1.95. The van der Waals surface area contributed by atoms with Gasteiger partial charge in [0.25, 0.3) is 0 Å². The number of amides is 1. The molecule has 16 heavy (non-hydrogen) atoms. The molecule has 0 radical (unpaired) electrons. The molecule has 94 valence electrons. The summed E-state index contributed by atoms with van der Waals surface area (Å²) < 4.78 is 5.66. The molecule has 0 spiro atoms. The lowest BCUT2D eigenvalue weighted by Gasteiger charge is -2.11. The zero-order valence-corrected chi connectivity index (χ0v) is 10.4. The molecule has 2 N–H and O–H groups in total. The predicted molar refractivity (Wildman–Crippen MR) is 64.4 cm³/mol. The van der Waals surface area contributed by atoms with Crippen molar-refractivity contribution in [1.29, 1.82) is 0 Å². The van der Waals surface area contributed by atoms with Crippen molar-refractivity contribution in [2.24, 2.45) is 0 Å². The van der Waals surface area contributed by atoms with E-state index in [2.05, 4.69) is 24.5 Å². The highest BCUT2D eigenvalue weighted by molar-refractivity contribution is 5.75. The normalized spacial score (nSPS) is 24.6. The Labute approximate surface area is 98.1 Å². The smallest absolute Gasteiger partial charge is 0.220 e. The number of carbonyl (C=O) groups is 1. The number of carbonyl (C=O) groups excluding carboxylic acids is 1. The van der Waals surface area contributed by atoms with Gasteiger partial charge in [-0.1, -0.05) is 6.92 Å². The van der Waals surface area contributed by atoms with Gasteiger partial charge in [-0.3, -0.25) is 4.79 Å². The highest BCUT2D eigenvalue weighted by Crippen LogP contribution is 2.22. The standard InChI is InChI=1S/C12H24N2O2/c1-3-13-8-9-14-12(15)7-6-11-5-4-10(2)16-11/h10-11,13H,3-9H2,1-2H3,(H,14,15). The zero-order chi connectivity index (χ0) is 11.8. The van der Waals surface area contributed by atoms with Gasteiger partial charge in [-0.15, -0.1) is 0 Å². The van der Waals surface area contributed by atoms with E-state index < -0.39 is 0 Å². The van der Waals surface area contributed by atoms with Crippen molar-refractivity contribution < 1.29 is 9.53 Å². The summed E-state index contributed by atoms with van der Waals surface area (Å²) in [7, 11) is 0. The minimum atomic E-state index is 0.140. The Morgan fingerprint density at radius 3 is 2.81 bits per heavy atom. The molecule has 1 heterocycles. The van der Waals surface area contributed by atoms with Crippen LogP contribution in [0.25, 0.3) is 0 Å². The molecule has 0 bridgehead atoms.